The van der Waals surface area contributed by atoms with Crippen LogP contribution in [0.15, 0.2) is 18.3 Å². The second-order valence-electron chi connectivity index (χ2n) is 9.24. The van der Waals surface area contributed by atoms with Gasteiger partial charge in [-0.3, -0.25) is 0 Å². The molecule has 1 aromatic rings. The zero-order chi connectivity index (χ0) is 18.5. The average molecular weight is 349 g/mol. The number of nitrogens with zero attached hydrogens (tertiary/aromatic N) is 1. The summed E-state index contributed by atoms with van der Waals surface area (Å²) in [5.74, 6) is 0. The fourth-order valence-electron chi connectivity index (χ4n) is 4.74. The van der Waals surface area contributed by atoms with E-state index in [1.165, 1.54) is 5.59 Å². The van der Waals surface area contributed by atoms with Crippen LogP contribution in [-0.2, 0) is 9.31 Å². The molecule has 0 spiro atoms. The first-order chi connectivity index (χ1) is 10.9. The Labute approximate surface area is 150 Å². The lowest BCUT2D eigenvalue weighted by Gasteiger charge is -2.45. The van der Waals surface area contributed by atoms with Crippen LogP contribution >= 0.6 is 0 Å². The molecule has 0 radical (unpaired) electrons. The Morgan fingerprint density at radius 2 is 1.29 bits per heavy atom. The summed E-state index contributed by atoms with van der Waals surface area (Å²) < 4.78 is 15.3. The lowest BCUT2D eigenvalue weighted by Crippen LogP contribution is -2.58. The van der Waals surface area contributed by atoms with Crippen molar-refractivity contribution in [1.82, 2.24) is 4.23 Å². The van der Waals surface area contributed by atoms with Gasteiger partial charge in [0, 0.05) is 5.59 Å². The van der Waals surface area contributed by atoms with E-state index in [9.17, 15) is 0 Å². The molecule has 0 amide bonds. The van der Waals surface area contributed by atoms with E-state index in [4.69, 9.17) is 9.31 Å². The standard InChI is InChI=1S/C19H36BNO2Si/c1-14(2)24(15(3)4,16(5)6)21-13-11-12-17(21)20-22-18(7,8)19(9,10)23-20/h11-16H,1-10H3. The van der Waals surface area contributed by atoms with Gasteiger partial charge in [0.25, 0.3) is 0 Å². The monoisotopic (exact) mass is 349 g/mol. The number of aromatic nitrogens is 1. The normalized spacial score (nSPS) is 20.6. The lowest BCUT2D eigenvalue weighted by molar-refractivity contribution is 0.00578. The van der Waals surface area contributed by atoms with Crippen molar-refractivity contribution in [2.75, 3.05) is 0 Å². The third-order valence-corrected chi connectivity index (χ3v) is 13.3. The molecule has 0 aromatic carbocycles. The molecular weight excluding hydrogens is 313 g/mol. The number of hydrogen-bond acceptors (Lipinski definition) is 2. The van der Waals surface area contributed by atoms with E-state index in [1.807, 2.05) is 0 Å². The van der Waals surface area contributed by atoms with Crippen LogP contribution in [0.5, 0.6) is 0 Å². The van der Waals surface area contributed by atoms with Crippen molar-refractivity contribution in [2.24, 2.45) is 0 Å². The molecule has 0 atom stereocenters. The van der Waals surface area contributed by atoms with Crippen molar-refractivity contribution >= 4 is 20.9 Å². The van der Waals surface area contributed by atoms with Gasteiger partial charge in [-0.05, 0) is 62.6 Å². The van der Waals surface area contributed by atoms with Crippen molar-refractivity contribution in [3.8, 4) is 0 Å². The smallest absolute Gasteiger partial charge is 0.398 e. The van der Waals surface area contributed by atoms with Crippen LogP contribution in [0.3, 0.4) is 0 Å². The lowest BCUT2D eigenvalue weighted by atomic mass is 9.85. The molecule has 0 N–H and O–H groups in total. The van der Waals surface area contributed by atoms with E-state index in [-0.39, 0.29) is 18.3 Å². The number of rotatable bonds is 5. The average Bonchev–Trinajstić information content (AvgIpc) is 2.92. The molecule has 2 rings (SSSR count). The summed E-state index contributed by atoms with van der Waals surface area (Å²) in [6.45, 7) is 22.8. The molecule has 1 fully saturated rings. The molecule has 1 saturated heterocycles. The Morgan fingerprint density at radius 3 is 1.67 bits per heavy atom. The first-order valence-electron chi connectivity index (χ1n) is 9.41. The maximum absolute atomic E-state index is 6.36. The largest absolute Gasteiger partial charge is 0.511 e. The maximum atomic E-state index is 6.36. The van der Waals surface area contributed by atoms with Gasteiger partial charge in [0.05, 0.1) is 11.2 Å². The summed E-state index contributed by atoms with van der Waals surface area (Å²) in [5.41, 5.74) is 2.52. The molecule has 24 heavy (non-hydrogen) atoms. The Balaban J connectivity index is 2.54. The minimum atomic E-state index is -1.80. The van der Waals surface area contributed by atoms with Gasteiger partial charge in [0.2, 0.25) is 0 Å². The van der Waals surface area contributed by atoms with E-state index in [1.54, 1.807) is 0 Å². The molecule has 3 nitrogen and oxygen atoms in total. The SMILES string of the molecule is CC(C)[Si](C(C)C)(C(C)C)n1cccc1B1OC(C)(C)C(C)(C)O1. The second-order valence-corrected chi connectivity index (χ2v) is 15.0. The third-order valence-electron chi connectivity index (χ3n) is 6.47. The maximum Gasteiger partial charge on any atom is 0.511 e. The fraction of sp³-hybridized carbons (Fsp3) is 0.789. The fourth-order valence-corrected chi connectivity index (χ4v) is 11.4. The molecule has 1 aromatic heterocycles. The summed E-state index contributed by atoms with van der Waals surface area (Å²) in [7, 11) is -2.08. The minimum absolute atomic E-state index is 0.284. The second kappa shape index (κ2) is 6.33. The van der Waals surface area contributed by atoms with Gasteiger partial charge in [0.1, 0.15) is 0 Å². The molecule has 5 heteroatoms. The van der Waals surface area contributed by atoms with Crippen molar-refractivity contribution in [3.05, 3.63) is 18.3 Å². The first kappa shape index (κ1) is 19.8. The summed E-state index contributed by atoms with van der Waals surface area (Å²) >= 11 is 0. The predicted octanol–water partition coefficient (Wildman–Crippen LogP) is 4.81. The highest BCUT2D eigenvalue weighted by Crippen LogP contribution is 2.43. The Bertz CT molecular complexity index is 540. The Morgan fingerprint density at radius 1 is 0.875 bits per heavy atom. The first-order valence-corrected chi connectivity index (χ1v) is 11.6. The van der Waals surface area contributed by atoms with Gasteiger partial charge in [0.15, 0.2) is 8.24 Å². The zero-order valence-corrected chi connectivity index (χ0v) is 18.3. The highest BCUT2D eigenvalue weighted by molar-refractivity contribution is 6.84. The van der Waals surface area contributed by atoms with Gasteiger partial charge in [-0.15, -0.1) is 0 Å². The topological polar surface area (TPSA) is 23.4 Å². The summed E-state index contributed by atoms with van der Waals surface area (Å²) in [5, 5.41) is 0. The van der Waals surface area contributed by atoms with Gasteiger partial charge >= 0.3 is 7.12 Å². The van der Waals surface area contributed by atoms with E-state index >= 15 is 0 Å². The number of hydrogen-bond donors (Lipinski definition) is 0. The van der Waals surface area contributed by atoms with E-state index in [2.05, 4.69) is 91.8 Å². The van der Waals surface area contributed by atoms with Crippen LogP contribution in [0.4, 0.5) is 0 Å². The molecular formula is C19H36BNO2Si. The van der Waals surface area contributed by atoms with Crippen LogP contribution in [0.1, 0.15) is 69.2 Å². The molecule has 0 aliphatic carbocycles. The van der Waals surface area contributed by atoms with E-state index in [0.717, 1.165) is 0 Å². The van der Waals surface area contributed by atoms with Gasteiger partial charge in [-0.25, -0.2) is 0 Å². The summed E-state index contributed by atoms with van der Waals surface area (Å²) in [6.07, 6.45) is 2.27. The van der Waals surface area contributed by atoms with Crippen molar-refractivity contribution < 1.29 is 9.31 Å². The summed E-state index contributed by atoms with van der Waals surface area (Å²) in [6, 6.07) is 4.35. The van der Waals surface area contributed by atoms with E-state index < -0.39 is 8.24 Å². The van der Waals surface area contributed by atoms with Crippen LogP contribution in [0, 0.1) is 0 Å². The predicted molar refractivity (Wildman–Crippen MR) is 107 cm³/mol. The third kappa shape index (κ3) is 2.82. The van der Waals surface area contributed by atoms with Gasteiger partial charge < -0.3 is 13.5 Å². The minimum Gasteiger partial charge on any atom is -0.398 e. The molecule has 136 valence electrons. The molecule has 1 aliphatic rings. The van der Waals surface area contributed by atoms with Gasteiger partial charge in [-0.2, -0.15) is 0 Å². The van der Waals surface area contributed by atoms with Crippen LogP contribution in [-0.4, -0.2) is 30.8 Å². The molecule has 0 saturated carbocycles. The highest BCUT2D eigenvalue weighted by atomic mass is 28.3. The quantitative estimate of drug-likeness (QED) is 0.712. The van der Waals surface area contributed by atoms with Crippen LogP contribution in [0.2, 0.25) is 16.6 Å². The van der Waals surface area contributed by atoms with Crippen LogP contribution in [0.25, 0.3) is 0 Å². The van der Waals surface area contributed by atoms with E-state index in [0.29, 0.717) is 16.6 Å². The Kier molecular flexibility index (Phi) is 5.22. The highest BCUT2D eigenvalue weighted by Gasteiger charge is 2.54. The van der Waals surface area contributed by atoms with Crippen molar-refractivity contribution in [2.45, 2.75) is 97.1 Å². The van der Waals surface area contributed by atoms with Crippen LogP contribution < -0.4 is 5.59 Å². The van der Waals surface area contributed by atoms with Crippen molar-refractivity contribution in [1.29, 1.82) is 0 Å². The summed E-state index contributed by atoms with van der Waals surface area (Å²) in [4.78, 5) is 0. The Hall–Kier alpha value is -0.518. The molecule has 0 unspecified atom stereocenters. The molecule has 1 aliphatic heterocycles. The molecule has 0 bridgehead atoms. The zero-order valence-electron chi connectivity index (χ0n) is 17.3. The van der Waals surface area contributed by atoms with Crippen molar-refractivity contribution in [3.63, 3.8) is 0 Å². The molecule has 2 heterocycles. The van der Waals surface area contributed by atoms with Gasteiger partial charge in [-0.1, -0.05) is 41.5 Å².